The van der Waals surface area contributed by atoms with Gasteiger partial charge in [0.2, 0.25) is 0 Å². The van der Waals surface area contributed by atoms with Crippen LogP contribution in [0.4, 0.5) is 4.39 Å². The first-order valence-corrected chi connectivity index (χ1v) is 8.48. The predicted molar refractivity (Wildman–Crippen MR) is 95.3 cm³/mol. The molecule has 0 saturated carbocycles. The lowest BCUT2D eigenvalue weighted by Crippen LogP contribution is -2.24. The van der Waals surface area contributed by atoms with Gasteiger partial charge in [-0.25, -0.2) is 4.39 Å². The lowest BCUT2D eigenvalue weighted by Gasteiger charge is -2.20. The Morgan fingerprint density at radius 1 is 1.24 bits per heavy atom. The van der Waals surface area contributed by atoms with Gasteiger partial charge in [-0.2, -0.15) is 0 Å². The van der Waals surface area contributed by atoms with Crippen LogP contribution in [-0.4, -0.2) is 6.54 Å². The van der Waals surface area contributed by atoms with Gasteiger partial charge in [0.1, 0.15) is 5.82 Å². The lowest BCUT2D eigenvalue weighted by molar-refractivity contribution is 0.513. The van der Waals surface area contributed by atoms with Crippen LogP contribution in [0.1, 0.15) is 30.5 Å². The van der Waals surface area contributed by atoms with Crippen LogP contribution in [-0.2, 0) is 6.42 Å². The van der Waals surface area contributed by atoms with E-state index in [2.05, 4.69) is 53.0 Å². The zero-order valence-electron chi connectivity index (χ0n) is 11.9. The maximum Gasteiger partial charge on any atom is 0.127 e. The molecule has 1 N–H and O–H groups in total. The summed E-state index contributed by atoms with van der Waals surface area (Å²) in [6.07, 6.45) is 1.66. The molecule has 0 aliphatic carbocycles. The van der Waals surface area contributed by atoms with E-state index in [1.807, 2.05) is 6.07 Å². The van der Waals surface area contributed by atoms with Crippen molar-refractivity contribution in [1.82, 2.24) is 5.32 Å². The van der Waals surface area contributed by atoms with Crippen molar-refractivity contribution in [2.24, 2.45) is 0 Å². The summed E-state index contributed by atoms with van der Waals surface area (Å²) in [5.41, 5.74) is 1.87. The van der Waals surface area contributed by atoms with E-state index < -0.39 is 0 Å². The molecule has 0 spiro atoms. The largest absolute Gasteiger partial charge is 0.310 e. The Balaban J connectivity index is 2.23. The van der Waals surface area contributed by atoms with Crippen molar-refractivity contribution < 1.29 is 4.39 Å². The number of rotatable bonds is 6. The normalized spacial score (nSPS) is 12.4. The molecule has 0 aromatic heterocycles. The lowest BCUT2D eigenvalue weighted by atomic mass is 9.98. The molecule has 1 unspecified atom stereocenters. The highest BCUT2D eigenvalue weighted by molar-refractivity contribution is 14.1. The molecule has 2 aromatic carbocycles. The highest BCUT2D eigenvalue weighted by atomic mass is 127. The van der Waals surface area contributed by atoms with Crippen LogP contribution < -0.4 is 5.32 Å². The molecular weight excluding hydrogens is 400 g/mol. The number of hydrogen-bond acceptors (Lipinski definition) is 1. The summed E-state index contributed by atoms with van der Waals surface area (Å²) in [7, 11) is 0. The van der Waals surface area contributed by atoms with E-state index in [1.54, 1.807) is 12.1 Å². The van der Waals surface area contributed by atoms with Gasteiger partial charge >= 0.3 is 0 Å². The van der Waals surface area contributed by atoms with Crippen molar-refractivity contribution in [3.05, 3.63) is 68.0 Å². The van der Waals surface area contributed by atoms with Crippen LogP contribution >= 0.6 is 34.2 Å². The van der Waals surface area contributed by atoms with Gasteiger partial charge in [0, 0.05) is 14.6 Å². The quantitative estimate of drug-likeness (QED) is 0.623. The molecule has 0 bridgehead atoms. The molecule has 2 aromatic rings. The molecule has 0 saturated heterocycles. The van der Waals surface area contributed by atoms with Gasteiger partial charge in [-0.15, -0.1) is 0 Å². The molecule has 21 heavy (non-hydrogen) atoms. The predicted octanol–water partition coefficient (Wildman–Crippen LogP) is 5.37. The Labute approximate surface area is 144 Å². The van der Waals surface area contributed by atoms with Crippen molar-refractivity contribution in [3.63, 3.8) is 0 Å². The summed E-state index contributed by atoms with van der Waals surface area (Å²) in [6.45, 7) is 3.03. The van der Waals surface area contributed by atoms with Crippen LogP contribution in [0, 0.1) is 9.39 Å². The Bertz CT molecular complexity index is 603. The second-order valence-corrected chi connectivity index (χ2v) is 6.68. The van der Waals surface area contributed by atoms with E-state index >= 15 is 0 Å². The van der Waals surface area contributed by atoms with E-state index in [4.69, 9.17) is 11.6 Å². The van der Waals surface area contributed by atoms with Crippen molar-refractivity contribution in [1.29, 1.82) is 0 Å². The Hall–Kier alpha value is -0.650. The Morgan fingerprint density at radius 3 is 2.71 bits per heavy atom. The average molecular weight is 418 g/mol. The SMILES string of the molecule is CCCNC(Cc1ccc(Cl)cc1F)c1cccc(I)c1. The second kappa shape index (κ2) is 8.11. The van der Waals surface area contributed by atoms with Gasteiger partial charge in [-0.05, 0) is 77.4 Å². The molecule has 0 aliphatic heterocycles. The first-order chi connectivity index (χ1) is 10.1. The van der Waals surface area contributed by atoms with Crippen LogP contribution in [0.3, 0.4) is 0 Å². The topological polar surface area (TPSA) is 12.0 Å². The van der Waals surface area contributed by atoms with E-state index in [-0.39, 0.29) is 11.9 Å². The highest BCUT2D eigenvalue weighted by Gasteiger charge is 2.14. The maximum absolute atomic E-state index is 14.0. The fraction of sp³-hybridized carbons (Fsp3) is 0.294. The molecule has 112 valence electrons. The zero-order chi connectivity index (χ0) is 15.2. The summed E-state index contributed by atoms with van der Waals surface area (Å²) in [6, 6.07) is 13.3. The third-order valence-electron chi connectivity index (χ3n) is 3.33. The third-order valence-corrected chi connectivity index (χ3v) is 4.24. The molecule has 0 radical (unpaired) electrons. The minimum atomic E-state index is -0.239. The highest BCUT2D eigenvalue weighted by Crippen LogP contribution is 2.23. The summed E-state index contributed by atoms with van der Waals surface area (Å²) >= 11 is 8.12. The van der Waals surface area contributed by atoms with Crippen LogP contribution in [0.2, 0.25) is 5.02 Å². The summed E-state index contributed by atoms with van der Waals surface area (Å²) in [5.74, 6) is -0.239. The minimum absolute atomic E-state index is 0.107. The summed E-state index contributed by atoms with van der Waals surface area (Å²) in [4.78, 5) is 0. The smallest absolute Gasteiger partial charge is 0.127 e. The molecule has 0 amide bonds. The molecule has 4 heteroatoms. The second-order valence-electron chi connectivity index (χ2n) is 5.00. The summed E-state index contributed by atoms with van der Waals surface area (Å²) < 4.78 is 15.2. The van der Waals surface area contributed by atoms with Gasteiger partial charge in [-0.3, -0.25) is 0 Å². The van der Waals surface area contributed by atoms with Crippen molar-refractivity contribution in [2.75, 3.05) is 6.54 Å². The monoisotopic (exact) mass is 417 g/mol. The molecule has 1 atom stereocenters. The fourth-order valence-electron chi connectivity index (χ4n) is 2.26. The van der Waals surface area contributed by atoms with Crippen LogP contribution in [0.5, 0.6) is 0 Å². The van der Waals surface area contributed by atoms with E-state index in [0.29, 0.717) is 17.0 Å². The van der Waals surface area contributed by atoms with Gasteiger partial charge in [-0.1, -0.05) is 36.7 Å². The van der Waals surface area contributed by atoms with E-state index in [9.17, 15) is 4.39 Å². The third kappa shape index (κ3) is 4.94. The van der Waals surface area contributed by atoms with Gasteiger partial charge < -0.3 is 5.32 Å². The summed E-state index contributed by atoms with van der Waals surface area (Å²) in [5, 5.41) is 3.93. The van der Waals surface area contributed by atoms with Gasteiger partial charge in [0.05, 0.1) is 0 Å². The van der Waals surface area contributed by atoms with Gasteiger partial charge in [0.25, 0.3) is 0 Å². The number of nitrogens with one attached hydrogen (secondary N) is 1. The maximum atomic E-state index is 14.0. The number of halogens is 3. The first-order valence-electron chi connectivity index (χ1n) is 7.03. The Kier molecular flexibility index (Phi) is 6.45. The number of hydrogen-bond donors (Lipinski definition) is 1. The van der Waals surface area contributed by atoms with E-state index in [0.717, 1.165) is 13.0 Å². The Morgan fingerprint density at radius 2 is 2.05 bits per heavy atom. The van der Waals surface area contributed by atoms with E-state index in [1.165, 1.54) is 15.2 Å². The molecule has 2 rings (SSSR count). The minimum Gasteiger partial charge on any atom is -0.310 e. The molecule has 0 heterocycles. The van der Waals surface area contributed by atoms with Crippen molar-refractivity contribution >= 4 is 34.2 Å². The van der Waals surface area contributed by atoms with Crippen LogP contribution in [0.15, 0.2) is 42.5 Å². The van der Waals surface area contributed by atoms with Crippen molar-refractivity contribution in [2.45, 2.75) is 25.8 Å². The molecule has 0 aliphatic rings. The fourth-order valence-corrected chi connectivity index (χ4v) is 2.98. The average Bonchev–Trinajstić information content (AvgIpc) is 2.45. The standard InChI is InChI=1S/C17H18ClFIN/c1-2-8-21-17(13-4-3-5-15(20)9-13)10-12-6-7-14(18)11-16(12)19/h3-7,9,11,17,21H,2,8,10H2,1H3. The molecule has 0 fully saturated rings. The molecular formula is C17H18ClFIN. The first kappa shape index (κ1) is 16.7. The van der Waals surface area contributed by atoms with Crippen molar-refractivity contribution in [3.8, 4) is 0 Å². The number of benzene rings is 2. The van der Waals surface area contributed by atoms with Gasteiger partial charge in [0.15, 0.2) is 0 Å². The molecule has 1 nitrogen and oxygen atoms in total. The zero-order valence-corrected chi connectivity index (χ0v) is 14.8. The van der Waals surface area contributed by atoms with Crippen LogP contribution in [0.25, 0.3) is 0 Å².